The average Bonchev–Trinajstić information content (AvgIpc) is 2.59. The van der Waals surface area contributed by atoms with E-state index in [1.807, 2.05) is 31.2 Å². The predicted molar refractivity (Wildman–Crippen MR) is 92.8 cm³/mol. The maximum absolute atomic E-state index is 14.6. The summed E-state index contributed by atoms with van der Waals surface area (Å²) in [7, 11) is 1.64. The molecule has 1 fully saturated rings. The number of benzene rings is 2. The van der Waals surface area contributed by atoms with Gasteiger partial charge in [-0.05, 0) is 55.2 Å². The Morgan fingerprint density at radius 2 is 1.62 bits per heavy atom. The van der Waals surface area contributed by atoms with Crippen molar-refractivity contribution in [1.82, 2.24) is 0 Å². The van der Waals surface area contributed by atoms with E-state index in [0.29, 0.717) is 16.7 Å². The molecule has 2 aromatic rings. The molecule has 2 aromatic carbocycles. The van der Waals surface area contributed by atoms with Crippen molar-refractivity contribution in [2.24, 2.45) is 0 Å². The van der Waals surface area contributed by atoms with Gasteiger partial charge < -0.3 is 4.74 Å². The summed E-state index contributed by atoms with van der Waals surface area (Å²) in [6, 6.07) is 10.9. The fourth-order valence-corrected chi connectivity index (χ4v) is 3.42. The molecule has 0 aliphatic heterocycles. The van der Waals surface area contributed by atoms with Crippen LogP contribution in [0.15, 0.2) is 48.2 Å². The highest BCUT2D eigenvalue weighted by Gasteiger charge is 2.24. The largest absolute Gasteiger partial charge is 0.504 e. The van der Waals surface area contributed by atoms with Crippen LogP contribution in [-0.4, -0.2) is 7.11 Å². The van der Waals surface area contributed by atoms with Crippen molar-refractivity contribution in [3.05, 3.63) is 71.0 Å². The van der Waals surface area contributed by atoms with Gasteiger partial charge in [0.05, 0.1) is 13.4 Å². The Labute approximate surface area is 142 Å². The zero-order chi connectivity index (χ0) is 17.1. The van der Waals surface area contributed by atoms with E-state index in [-0.39, 0.29) is 5.92 Å². The van der Waals surface area contributed by atoms with Gasteiger partial charge in [0.1, 0.15) is 0 Å². The molecule has 1 aliphatic rings. The zero-order valence-corrected chi connectivity index (χ0v) is 14.1. The van der Waals surface area contributed by atoms with Crippen molar-refractivity contribution in [3.63, 3.8) is 0 Å². The maximum Gasteiger partial charge on any atom is 0.166 e. The van der Waals surface area contributed by atoms with Crippen LogP contribution in [0, 0.1) is 18.6 Å². The Hall–Kier alpha value is -2.16. The van der Waals surface area contributed by atoms with Crippen molar-refractivity contribution in [1.29, 1.82) is 0 Å². The first kappa shape index (κ1) is 16.7. The molecule has 0 unspecified atom stereocenters. The van der Waals surface area contributed by atoms with Crippen LogP contribution in [0.1, 0.15) is 42.7 Å². The monoisotopic (exact) mass is 328 g/mol. The molecule has 126 valence electrons. The third-order valence-electron chi connectivity index (χ3n) is 4.83. The summed E-state index contributed by atoms with van der Waals surface area (Å²) >= 11 is 0. The number of halogens is 2. The van der Waals surface area contributed by atoms with E-state index in [0.717, 1.165) is 31.2 Å². The summed E-state index contributed by atoms with van der Waals surface area (Å²) in [5.41, 5.74) is 3.87. The number of rotatable bonds is 3. The summed E-state index contributed by atoms with van der Waals surface area (Å²) in [5, 5.41) is 0. The highest BCUT2D eigenvalue weighted by molar-refractivity contribution is 5.65. The quantitative estimate of drug-likeness (QED) is 0.616. The van der Waals surface area contributed by atoms with Gasteiger partial charge in [0.2, 0.25) is 0 Å². The standard InChI is InChI=1S/C21H22F2O/c1-14-3-7-16(8-4-14)18-11-12-19(21(23)20(18)22)17-9-5-15(6-10-17)13-24-2/h3-4,7-8,11-13,17H,5-6,9-10H2,1-2H3. The van der Waals surface area contributed by atoms with Crippen LogP contribution in [0.2, 0.25) is 0 Å². The summed E-state index contributed by atoms with van der Waals surface area (Å²) in [6.07, 6.45) is 5.18. The van der Waals surface area contributed by atoms with Crippen molar-refractivity contribution >= 4 is 0 Å². The summed E-state index contributed by atoms with van der Waals surface area (Å²) in [5.74, 6) is -1.37. The van der Waals surface area contributed by atoms with Crippen LogP contribution in [0.3, 0.4) is 0 Å². The lowest BCUT2D eigenvalue weighted by molar-refractivity contribution is 0.326. The molecule has 0 atom stereocenters. The molecule has 0 amide bonds. The molecule has 3 rings (SSSR count). The Balaban J connectivity index is 1.86. The lowest BCUT2D eigenvalue weighted by Crippen LogP contribution is -2.10. The molecule has 0 heterocycles. The second kappa shape index (κ2) is 7.16. The highest BCUT2D eigenvalue weighted by atomic mass is 19.2. The van der Waals surface area contributed by atoms with Crippen LogP contribution < -0.4 is 0 Å². The van der Waals surface area contributed by atoms with E-state index in [1.54, 1.807) is 25.5 Å². The van der Waals surface area contributed by atoms with Gasteiger partial charge in [-0.1, -0.05) is 42.0 Å². The normalized spacial score (nSPS) is 17.7. The predicted octanol–water partition coefficient (Wildman–Crippen LogP) is 6.13. The van der Waals surface area contributed by atoms with Crippen LogP contribution in [0.4, 0.5) is 8.78 Å². The first-order chi connectivity index (χ1) is 11.6. The first-order valence-corrected chi connectivity index (χ1v) is 8.35. The van der Waals surface area contributed by atoms with E-state index < -0.39 is 11.6 Å². The minimum absolute atomic E-state index is 0.0700. The van der Waals surface area contributed by atoms with Crippen LogP contribution in [-0.2, 0) is 4.74 Å². The number of hydrogen-bond acceptors (Lipinski definition) is 1. The van der Waals surface area contributed by atoms with Gasteiger partial charge in [-0.15, -0.1) is 0 Å². The van der Waals surface area contributed by atoms with Crippen molar-refractivity contribution < 1.29 is 13.5 Å². The molecular formula is C21H22F2O. The highest BCUT2D eigenvalue weighted by Crippen LogP contribution is 2.38. The molecule has 3 heteroatoms. The maximum atomic E-state index is 14.6. The minimum atomic E-state index is -0.741. The lowest BCUT2D eigenvalue weighted by atomic mass is 9.81. The second-order valence-electron chi connectivity index (χ2n) is 6.48. The number of aryl methyl sites for hydroxylation is 1. The number of ether oxygens (including phenoxy) is 1. The molecule has 24 heavy (non-hydrogen) atoms. The summed E-state index contributed by atoms with van der Waals surface area (Å²) < 4.78 is 34.3. The van der Waals surface area contributed by atoms with Gasteiger partial charge in [0, 0.05) is 5.56 Å². The van der Waals surface area contributed by atoms with Crippen molar-refractivity contribution in [2.75, 3.05) is 7.11 Å². The van der Waals surface area contributed by atoms with Crippen molar-refractivity contribution in [3.8, 4) is 11.1 Å². The number of methoxy groups -OCH3 is 1. The molecule has 0 radical (unpaired) electrons. The molecule has 1 nitrogen and oxygen atoms in total. The first-order valence-electron chi connectivity index (χ1n) is 8.35. The van der Waals surface area contributed by atoms with E-state index in [1.165, 1.54) is 5.57 Å². The Bertz CT molecular complexity index is 737. The summed E-state index contributed by atoms with van der Waals surface area (Å²) in [6.45, 7) is 1.97. The Morgan fingerprint density at radius 1 is 0.958 bits per heavy atom. The van der Waals surface area contributed by atoms with E-state index in [4.69, 9.17) is 4.74 Å². The topological polar surface area (TPSA) is 9.23 Å². The van der Waals surface area contributed by atoms with E-state index in [2.05, 4.69) is 0 Å². The fourth-order valence-electron chi connectivity index (χ4n) is 3.42. The van der Waals surface area contributed by atoms with Gasteiger partial charge in [-0.25, -0.2) is 8.78 Å². The average molecular weight is 328 g/mol. The molecule has 0 N–H and O–H groups in total. The Morgan fingerprint density at radius 3 is 2.25 bits per heavy atom. The van der Waals surface area contributed by atoms with Gasteiger partial charge in [0.15, 0.2) is 11.6 Å². The molecular weight excluding hydrogens is 306 g/mol. The third-order valence-corrected chi connectivity index (χ3v) is 4.83. The van der Waals surface area contributed by atoms with Crippen LogP contribution >= 0.6 is 0 Å². The van der Waals surface area contributed by atoms with Gasteiger partial charge in [0.25, 0.3) is 0 Å². The fraction of sp³-hybridized carbons (Fsp3) is 0.333. The zero-order valence-electron chi connectivity index (χ0n) is 14.1. The SMILES string of the molecule is COC=C1CCC(c2ccc(-c3ccc(C)cc3)c(F)c2F)CC1. The smallest absolute Gasteiger partial charge is 0.166 e. The van der Waals surface area contributed by atoms with Crippen molar-refractivity contribution in [2.45, 2.75) is 38.5 Å². The molecule has 0 aromatic heterocycles. The third kappa shape index (κ3) is 3.35. The van der Waals surface area contributed by atoms with Crippen LogP contribution in [0.25, 0.3) is 11.1 Å². The number of hydrogen-bond donors (Lipinski definition) is 0. The number of allylic oxidation sites excluding steroid dienone is 1. The second-order valence-corrected chi connectivity index (χ2v) is 6.48. The minimum Gasteiger partial charge on any atom is -0.504 e. The van der Waals surface area contributed by atoms with E-state index in [9.17, 15) is 8.78 Å². The summed E-state index contributed by atoms with van der Waals surface area (Å²) in [4.78, 5) is 0. The lowest BCUT2D eigenvalue weighted by Gasteiger charge is -2.25. The van der Waals surface area contributed by atoms with E-state index >= 15 is 0 Å². The molecule has 0 bridgehead atoms. The molecule has 0 spiro atoms. The van der Waals surface area contributed by atoms with Gasteiger partial charge in [-0.2, -0.15) is 0 Å². The van der Waals surface area contributed by atoms with Gasteiger partial charge in [-0.3, -0.25) is 0 Å². The molecule has 1 aliphatic carbocycles. The molecule has 0 saturated heterocycles. The Kier molecular flexibility index (Phi) is 4.98. The van der Waals surface area contributed by atoms with Gasteiger partial charge >= 0.3 is 0 Å². The van der Waals surface area contributed by atoms with Crippen LogP contribution in [0.5, 0.6) is 0 Å². The molecule has 1 saturated carbocycles.